The number of amides is 1. The van der Waals surface area contributed by atoms with Crippen LogP contribution < -0.4 is 10.6 Å². The third kappa shape index (κ3) is 3.39. The number of fused-ring (bicyclic) bond motifs is 1. The molecule has 1 heterocycles. The summed E-state index contributed by atoms with van der Waals surface area (Å²) >= 11 is 0. The number of rotatable bonds is 4. The monoisotopic (exact) mass is 286 g/mol. The van der Waals surface area contributed by atoms with Crippen molar-refractivity contribution < 1.29 is 4.79 Å². The number of carbonyl (C=O) groups is 1. The summed E-state index contributed by atoms with van der Waals surface area (Å²) in [6.07, 6.45) is 7.54. The van der Waals surface area contributed by atoms with Gasteiger partial charge in [-0.2, -0.15) is 0 Å². The lowest BCUT2D eigenvalue weighted by atomic mass is 9.81. The second-order valence-corrected chi connectivity index (χ2v) is 6.55. The van der Waals surface area contributed by atoms with Crippen molar-refractivity contribution in [1.29, 1.82) is 0 Å². The highest BCUT2D eigenvalue weighted by Gasteiger charge is 2.21. The molecule has 1 fully saturated rings. The maximum absolute atomic E-state index is 12.3. The molecular formula is C18H26N2O. The molecule has 0 spiro atoms. The molecule has 21 heavy (non-hydrogen) atoms. The molecule has 0 saturated heterocycles. The third-order valence-electron chi connectivity index (χ3n) is 5.17. The van der Waals surface area contributed by atoms with Gasteiger partial charge in [-0.25, -0.2) is 0 Å². The first kappa shape index (κ1) is 14.4. The lowest BCUT2D eigenvalue weighted by molar-refractivity contribution is 0.0941. The zero-order valence-electron chi connectivity index (χ0n) is 13.0. The lowest BCUT2D eigenvalue weighted by Gasteiger charge is -2.27. The van der Waals surface area contributed by atoms with Crippen LogP contribution in [0.25, 0.3) is 0 Å². The van der Waals surface area contributed by atoms with Crippen molar-refractivity contribution in [2.75, 3.05) is 18.4 Å². The summed E-state index contributed by atoms with van der Waals surface area (Å²) in [7, 11) is 0. The van der Waals surface area contributed by atoms with E-state index in [0.29, 0.717) is 5.92 Å². The Morgan fingerprint density at radius 1 is 1.24 bits per heavy atom. The predicted molar refractivity (Wildman–Crippen MR) is 86.7 cm³/mol. The largest absolute Gasteiger partial charge is 0.384 e. The minimum absolute atomic E-state index is 0.0855. The zero-order chi connectivity index (χ0) is 14.7. The molecular weight excluding hydrogens is 260 g/mol. The molecule has 0 bridgehead atoms. The molecule has 2 N–H and O–H groups in total. The van der Waals surface area contributed by atoms with Gasteiger partial charge in [0.1, 0.15) is 0 Å². The Bertz CT molecular complexity index is 504. The Morgan fingerprint density at radius 2 is 2.00 bits per heavy atom. The Kier molecular flexibility index (Phi) is 4.47. The molecule has 1 saturated carbocycles. The van der Waals surface area contributed by atoms with E-state index in [9.17, 15) is 4.79 Å². The maximum atomic E-state index is 12.3. The van der Waals surface area contributed by atoms with Crippen LogP contribution in [0.15, 0.2) is 18.2 Å². The Balaban J connectivity index is 1.50. The Hall–Kier alpha value is -1.51. The zero-order valence-corrected chi connectivity index (χ0v) is 13.0. The highest BCUT2D eigenvalue weighted by Crippen LogP contribution is 2.30. The molecule has 0 radical (unpaired) electrons. The number of hydrogen-bond donors (Lipinski definition) is 2. The van der Waals surface area contributed by atoms with Gasteiger partial charge in [-0.15, -0.1) is 0 Å². The van der Waals surface area contributed by atoms with Gasteiger partial charge in [-0.1, -0.05) is 26.2 Å². The van der Waals surface area contributed by atoms with Crippen LogP contribution in [0.4, 0.5) is 5.69 Å². The molecule has 0 aromatic heterocycles. The van der Waals surface area contributed by atoms with Crippen LogP contribution in [0.5, 0.6) is 0 Å². The van der Waals surface area contributed by atoms with Gasteiger partial charge in [-0.05, 0) is 54.9 Å². The number of nitrogens with one attached hydrogen (secondary N) is 2. The molecule has 0 unspecified atom stereocenters. The molecule has 114 valence electrons. The van der Waals surface area contributed by atoms with Crippen molar-refractivity contribution >= 4 is 11.6 Å². The van der Waals surface area contributed by atoms with Gasteiger partial charge in [0.15, 0.2) is 0 Å². The molecule has 1 aromatic carbocycles. The second kappa shape index (κ2) is 6.50. The molecule has 3 nitrogen and oxygen atoms in total. The van der Waals surface area contributed by atoms with Crippen molar-refractivity contribution in [1.82, 2.24) is 5.32 Å². The van der Waals surface area contributed by atoms with Gasteiger partial charge in [0, 0.05) is 24.3 Å². The minimum Gasteiger partial charge on any atom is -0.384 e. The summed E-state index contributed by atoms with van der Waals surface area (Å²) in [6.45, 7) is 4.11. The van der Waals surface area contributed by atoms with E-state index >= 15 is 0 Å². The van der Waals surface area contributed by atoms with E-state index < -0.39 is 0 Å². The van der Waals surface area contributed by atoms with Crippen LogP contribution >= 0.6 is 0 Å². The van der Waals surface area contributed by atoms with Crippen LogP contribution in [0.3, 0.4) is 0 Å². The fourth-order valence-electron chi connectivity index (χ4n) is 3.63. The first-order valence-corrected chi connectivity index (χ1v) is 8.41. The SMILES string of the molecule is CCC1CCC(CNC(=O)c2ccc3c(c2)CCN3)CC1. The van der Waals surface area contributed by atoms with E-state index in [1.54, 1.807) is 0 Å². The van der Waals surface area contributed by atoms with E-state index in [0.717, 1.165) is 31.0 Å². The van der Waals surface area contributed by atoms with Gasteiger partial charge in [0.25, 0.3) is 5.91 Å². The van der Waals surface area contributed by atoms with E-state index in [2.05, 4.69) is 17.6 Å². The second-order valence-electron chi connectivity index (χ2n) is 6.55. The summed E-state index contributed by atoms with van der Waals surface area (Å²) in [5, 5.41) is 6.46. The van der Waals surface area contributed by atoms with Crippen molar-refractivity contribution in [2.24, 2.45) is 11.8 Å². The Labute approximate surface area is 127 Å². The van der Waals surface area contributed by atoms with Crippen LogP contribution in [0.1, 0.15) is 54.9 Å². The number of anilines is 1. The average Bonchev–Trinajstić information content (AvgIpc) is 3.00. The molecule has 1 aliphatic carbocycles. The first-order chi connectivity index (χ1) is 10.3. The predicted octanol–water partition coefficient (Wildman–Crippen LogP) is 3.60. The molecule has 3 rings (SSSR count). The van der Waals surface area contributed by atoms with Crippen LogP contribution in [0, 0.1) is 11.8 Å². The summed E-state index contributed by atoms with van der Waals surface area (Å²) in [6, 6.07) is 6.00. The molecule has 2 aliphatic rings. The Morgan fingerprint density at radius 3 is 2.76 bits per heavy atom. The minimum atomic E-state index is 0.0855. The quantitative estimate of drug-likeness (QED) is 0.888. The van der Waals surface area contributed by atoms with Crippen molar-refractivity contribution in [2.45, 2.75) is 45.4 Å². The van der Waals surface area contributed by atoms with E-state index in [4.69, 9.17) is 0 Å². The average molecular weight is 286 g/mol. The van der Waals surface area contributed by atoms with Crippen LogP contribution in [-0.2, 0) is 6.42 Å². The fraction of sp³-hybridized carbons (Fsp3) is 0.611. The molecule has 3 heteroatoms. The van der Waals surface area contributed by atoms with Crippen molar-refractivity contribution in [3.8, 4) is 0 Å². The van der Waals surface area contributed by atoms with Crippen molar-refractivity contribution in [3.63, 3.8) is 0 Å². The summed E-state index contributed by atoms with van der Waals surface area (Å²) < 4.78 is 0. The molecule has 1 amide bonds. The van der Waals surface area contributed by atoms with E-state index in [1.165, 1.54) is 43.4 Å². The molecule has 1 aliphatic heterocycles. The van der Waals surface area contributed by atoms with Crippen molar-refractivity contribution in [3.05, 3.63) is 29.3 Å². The normalized spacial score (nSPS) is 24.2. The topological polar surface area (TPSA) is 41.1 Å². The van der Waals surface area contributed by atoms with Gasteiger partial charge < -0.3 is 10.6 Å². The standard InChI is InChI=1S/C18H26N2O/c1-2-13-3-5-14(6-4-13)12-20-18(21)16-7-8-17-15(11-16)9-10-19-17/h7-8,11,13-14,19H,2-6,9-10,12H2,1H3,(H,20,21). The van der Waals surface area contributed by atoms with Gasteiger partial charge in [-0.3, -0.25) is 4.79 Å². The highest BCUT2D eigenvalue weighted by atomic mass is 16.1. The number of carbonyl (C=O) groups excluding carboxylic acids is 1. The van der Waals surface area contributed by atoms with Gasteiger partial charge in [0.05, 0.1) is 0 Å². The smallest absolute Gasteiger partial charge is 0.251 e. The number of hydrogen-bond acceptors (Lipinski definition) is 2. The maximum Gasteiger partial charge on any atom is 0.251 e. The molecule has 0 atom stereocenters. The van der Waals surface area contributed by atoms with E-state index in [1.807, 2.05) is 18.2 Å². The first-order valence-electron chi connectivity index (χ1n) is 8.41. The summed E-state index contributed by atoms with van der Waals surface area (Å²) in [5.74, 6) is 1.68. The van der Waals surface area contributed by atoms with Gasteiger partial charge in [0.2, 0.25) is 0 Å². The van der Waals surface area contributed by atoms with Crippen LogP contribution in [0.2, 0.25) is 0 Å². The fourth-order valence-corrected chi connectivity index (χ4v) is 3.63. The summed E-state index contributed by atoms with van der Waals surface area (Å²) in [4.78, 5) is 12.3. The lowest BCUT2D eigenvalue weighted by Crippen LogP contribution is -2.31. The number of benzene rings is 1. The van der Waals surface area contributed by atoms with Gasteiger partial charge >= 0.3 is 0 Å². The van der Waals surface area contributed by atoms with E-state index in [-0.39, 0.29) is 5.91 Å². The molecule has 1 aromatic rings. The highest BCUT2D eigenvalue weighted by molar-refractivity contribution is 5.95. The third-order valence-corrected chi connectivity index (χ3v) is 5.17. The van der Waals surface area contributed by atoms with Crippen LogP contribution in [-0.4, -0.2) is 19.0 Å². The summed E-state index contributed by atoms with van der Waals surface area (Å²) in [5.41, 5.74) is 3.26.